The van der Waals surface area contributed by atoms with E-state index >= 15 is 4.39 Å². The Morgan fingerprint density at radius 3 is 1.97 bits per heavy atom. The summed E-state index contributed by atoms with van der Waals surface area (Å²) in [6.07, 6.45) is 0. The molecule has 0 bridgehead atoms. The monoisotopic (exact) mass is 543 g/mol. The normalized spacial score (nSPS) is 13.7. The predicted octanol–water partition coefficient (Wildman–Crippen LogP) is 8.99. The Balaban J connectivity index is 1.56. The minimum atomic E-state index is -0.402. The summed E-state index contributed by atoms with van der Waals surface area (Å²) in [5, 5.41) is 6.23. The number of hydrogen-bond donors (Lipinski definition) is 0. The van der Waals surface area contributed by atoms with E-state index in [1.54, 1.807) is 6.07 Å². The summed E-state index contributed by atoms with van der Waals surface area (Å²) in [7, 11) is 0. The Morgan fingerprint density at radius 1 is 0.769 bits per heavy atom. The van der Waals surface area contributed by atoms with Crippen molar-refractivity contribution in [3.8, 4) is 22.5 Å². The SMILES string of the molecule is CC1(C)c2ccccc2N(c2cc(F)c3c4c(cccc24)-c2nc(N=C=S)c(N=C=S)nc2-3)c2ccccc21. The second-order valence-corrected chi connectivity index (χ2v) is 10.3. The molecular weight excluding hydrogens is 526 g/mol. The molecule has 1 aromatic heterocycles. The highest BCUT2D eigenvalue weighted by Gasteiger charge is 2.38. The van der Waals surface area contributed by atoms with Gasteiger partial charge in [-0.3, -0.25) is 0 Å². The maximum atomic E-state index is 16.3. The summed E-state index contributed by atoms with van der Waals surface area (Å²) in [5.41, 5.74) is 6.94. The van der Waals surface area contributed by atoms with E-state index in [0.29, 0.717) is 17.0 Å². The third-order valence-electron chi connectivity index (χ3n) is 7.62. The fraction of sp³-hybridized carbons (Fsp3) is 0.0968. The molecule has 0 saturated carbocycles. The Bertz CT molecular complexity index is 1940. The number of para-hydroxylation sites is 2. The van der Waals surface area contributed by atoms with Gasteiger partial charge in [0.15, 0.2) is 0 Å². The van der Waals surface area contributed by atoms with Crippen LogP contribution in [0.25, 0.3) is 33.3 Å². The zero-order valence-corrected chi connectivity index (χ0v) is 22.5. The number of thiocarbonyl (C=S) groups is 2. The molecule has 0 unspecified atom stereocenters. The number of aliphatic imine (C=N–C) groups is 2. The van der Waals surface area contributed by atoms with Crippen LogP contribution < -0.4 is 4.90 Å². The van der Waals surface area contributed by atoms with Crippen LogP contribution in [0, 0.1) is 5.82 Å². The highest BCUT2D eigenvalue weighted by molar-refractivity contribution is 7.78. The molecule has 2 heterocycles. The smallest absolute Gasteiger partial charge is 0.209 e. The molecule has 4 aromatic carbocycles. The van der Waals surface area contributed by atoms with E-state index in [1.807, 2.05) is 30.3 Å². The van der Waals surface area contributed by atoms with Crippen LogP contribution in [-0.4, -0.2) is 20.3 Å². The highest BCUT2D eigenvalue weighted by Crippen LogP contribution is 2.56. The number of anilines is 3. The number of nitrogens with zero attached hydrogens (tertiary/aromatic N) is 5. The fourth-order valence-corrected chi connectivity index (χ4v) is 6.16. The Hall–Kier alpha value is -4.45. The van der Waals surface area contributed by atoms with Crippen LogP contribution in [0.2, 0.25) is 0 Å². The van der Waals surface area contributed by atoms with Gasteiger partial charge in [0, 0.05) is 27.3 Å². The third-order valence-corrected chi connectivity index (χ3v) is 7.81. The molecule has 1 aliphatic heterocycles. The standard InChI is InChI=1S/C31H18FN5S2/c1-31(2)19-10-3-5-12-22(19)37(23-13-6-4-11-20(23)31)24-14-21(32)26-25-17(24)8-7-9-18(25)27-28(26)36-30(34-16-39)29(35-27)33-15-38/h3-14H,1-2H3. The average Bonchev–Trinajstić information content (AvgIpc) is 3.26. The molecule has 186 valence electrons. The summed E-state index contributed by atoms with van der Waals surface area (Å²) >= 11 is 9.57. The quantitative estimate of drug-likeness (QED) is 0.165. The topological polar surface area (TPSA) is 53.7 Å². The lowest BCUT2D eigenvalue weighted by Gasteiger charge is -2.42. The number of hydrogen-bond acceptors (Lipinski definition) is 7. The van der Waals surface area contributed by atoms with Gasteiger partial charge in [-0.05, 0) is 53.8 Å². The van der Waals surface area contributed by atoms with Crippen molar-refractivity contribution in [1.29, 1.82) is 0 Å². The van der Waals surface area contributed by atoms with Crippen LogP contribution >= 0.6 is 24.4 Å². The maximum Gasteiger partial charge on any atom is 0.209 e. The summed E-state index contributed by atoms with van der Waals surface area (Å²) in [6.45, 7) is 4.45. The van der Waals surface area contributed by atoms with Crippen molar-refractivity contribution < 1.29 is 4.39 Å². The van der Waals surface area contributed by atoms with E-state index in [2.05, 4.69) is 85.4 Å². The molecule has 8 heteroatoms. The van der Waals surface area contributed by atoms with Gasteiger partial charge in [0.25, 0.3) is 0 Å². The molecule has 5 aromatic rings. The minimum absolute atomic E-state index is 0.117. The van der Waals surface area contributed by atoms with Crippen molar-refractivity contribution in [1.82, 2.24) is 9.97 Å². The molecule has 5 nitrogen and oxygen atoms in total. The fourth-order valence-electron chi connectivity index (χ4n) is 5.98. The molecule has 0 spiro atoms. The first kappa shape index (κ1) is 23.7. The average molecular weight is 544 g/mol. The molecule has 0 fully saturated rings. The van der Waals surface area contributed by atoms with Gasteiger partial charge in [-0.1, -0.05) is 68.4 Å². The summed E-state index contributed by atoms with van der Waals surface area (Å²) in [5.74, 6) is -0.125. The molecular formula is C31H18FN5S2. The Morgan fingerprint density at radius 2 is 1.36 bits per heavy atom. The minimum Gasteiger partial charge on any atom is -0.309 e. The Kier molecular flexibility index (Phi) is 5.17. The second kappa shape index (κ2) is 8.53. The van der Waals surface area contributed by atoms with E-state index in [1.165, 1.54) is 11.1 Å². The lowest BCUT2D eigenvalue weighted by molar-refractivity contribution is 0.628. The zero-order chi connectivity index (χ0) is 26.9. The van der Waals surface area contributed by atoms with E-state index in [0.717, 1.165) is 33.4 Å². The summed E-state index contributed by atoms with van der Waals surface area (Å²) in [4.78, 5) is 19.4. The number of halogens is 1. The number of isothiocyanates is 2. The van der Waals surface area contributed by atoms with Gasteiger partial charge in [0.2, 0.25) is 11.6 Å². The molecule has 0 atom stereocenters. The Labute approximate surface area is 234 Å². The first-order chi connectivity index (χ1) is 19.0. The molecule has 0 amide bonds. The van der Waals surface area contributed by atoms with Crippen molar-refractivity contribution in [2.24, 2.45) is 9.98 Å². The second-order valence-electron chi connectivity index (χ2n) is 9.95. The first-order valence-corrected chi connectivity index (χ1v) is 13.1. The lowest BCUT2D eigenvalue weighted by Crippen LogP contribution is -2.30. The summed E-state index contributed by atoms with van der Waals surface area (Å²) < 4.78 is 16.3. The lowest BCUT2D eigenvalue weighted by atomic mass is 9.73. The van der Waals surface area contributed by atoms with Crippen LogP contribution in [0.5, 0.6) is 0 Å². The van der Waals surface area contributed by atoms with Crippen molar-refractivity contribution in [3.05, 3.63) is 89.7 Å². The largest absolute Gasteiger partial charge is 0.309 e. The number of benzene rings is 4. The number of fused-ring (bicyclic) bond motifs is 5. The van der Waals surface area contributed by atoms with Crippen molar-refractivity contribution >= 4 is 74.2 Å². The van der Waals surface area contributed by atoms with Crippen LogP contribution in [0.15, 0.2) is 82.8 Å². The van der Waals surface area contributed by atoms with E-state index < -0.39 is 5.82 Å². The molecule has 0 N–H and O–H groups in total. The van der Waals surface area contributed by atoms with Crippen molar-refractivity contribution in [2.45, 2.75) is 19.3 Å². The van der Waals surface area contributed by atoms with E-state index in [9.17, 15) is 0 Å². The third kappa shape index (κ3) is 3.24. The zero-order valence-electron chi connectivity index (χ0n) is 20.9. The first-order valence-electron chi connectivity index (χ1n) is 12.3. The van der Waals surface area contributed by atoms with Gasteiger partial charge in [-0.15, -0.1) is 0 Å². The van der Waals surface area contributed by atoms with Gasteiger partial charge >= 0.3 is 0 Å². The molecule has 7 rings (SSSR count). The molecule has 0 saturated heterocycles. The molecule has 2 aliphatic rings. The van der Waals surface area contributed by atoms with Crippen LogP contribution in [0.4, 0.5) is 33.1 Å². The predicted molar refractivity (Wildman–Crippen MR) is 160 cm³/mol. The number of aromatic nitrogens is 2. The highest BCUT2D eigenvalue weighted by atomic mass is 32.1. The van der Waals surface area contributed by atoms with Crippen LogP contribution in [-0.2, 0) is 5.41 Å². The van der Waals surface area contributed by atoms with Crippen molar-refractivity contribution in [2.75, 3.05) is 4.90 Å². The summed E-state index contributed by atoms with van der Waals surface area (Å²) in [6, 6.07) is 24.1. The van der Waals surface area contributed by atoms with Crippen molar-refractivity contribution in [3.63, 3.8) is 0 Å². The van der Waals surface area contributed by atoms with Crippen LogP contribution in [0.3, 0.4) is 0 Å². The van der Waals surface area contributed by atoms with Gasteiger partial charge in [-0.25, -0.2) is 14.4 Å². The van der Waals surface area contributed by atoms with Crippen LogP contribution in [0.1, 0.15) is 25.0 Å². The number of rotatable bonds is 3. The molecule has 0 radical (unpaired) electrons. The van der Waals surface area contributed by atoms with Gasteiger partial charge in [0.1, 0.15) is 17.2 Å². The molecule has 39 heavy (non-hydrogen) atoms. The maximum absolute atomic E-state index is 16.3. The van der Waals surface area contributed by atoms with Gasteiger partial charge in [0.05, 0.1) is 27.4 Å². The molecule has 1 aliphatic carbocycles. The van der Waals surface area contributed by atoms with E-state index in [-0.39, 0.29) is 17.1 Å². The van der Waals surface area contributed by atoms with E-state index in [4.69, 9.17) is 24.4 Å². The van der Waals surface area contributed by atoms with Gasteiger partial charge < -0.3 is 4.90 Å². The van der Waals surface area contributed by atoms with Gasteiger partial charge in [-0.2, -0.15) is 9.98 Å².